The molecule has 0 atom stereocenters. The van der Waals surface area contributed by atoms with Gasteiger partial charge in [0.1, 0.15) is 5.75 Å². The number of nitrogens with one attached hydrogen (secondary N) is 1. The summed E-state index contributed by atoms with van der Waals surface area (Å²) in [5.74, 6) is 0.723. The average molecular weight is 335 g/mol. The van der Waals surface area contributed by atoms with Gasteiger partial charge in [-0.3, -0.25) is 0 Å². The van der Waals surface area contributed by atoms with Crippen LogP contribution in [-0.2, 0) is 32.2 Å². The van der Waals surface area contributed by atoms with Crippen molar-refractivity contribution in [2.75, 3.05) is 5.32 Å². The second kappa shape index (κ2) is 6.79. The molecule has 0 aliphatic heterocycles. The maximum Gasteiger partial charge on any atom is 0.193 e. The largest absolute Gasteiger partial charge is 0.508 e. The molecule has 0 spiro atoms. The highest BCUT2D eigenvalue weighted by Crippen LogP contribution is 2.31. The summed E-state index contributed by atoms with van der Waals surface area (Å²) in [7, 11) is 0. The molecule has 4 nitrogen and oxygen atoms in total. The van der Waals surface area contributed by atoms with E-state index < -0.39 is 0 Å². The Morgan fingerprint density at radius 3 is 2.64 bits per heavy atom. The van der Waals surface area contributed by atoms with E-state index >= 15 is 0 Å². The van der Waals surface area contributed by atoms with Crippen LogP contribution in [0.4, 0.5) is 5.69 Å². The number of nitrogens with zero attached hydrogens (tertiary/aromatic N) is 1. The van der Waals surface area contributed by atoms with Crippen LogP contribution in [0.2, 0.25) is 0 Å². The van der Waals surface area contributed by atoms with E-state index in [2.05, 4.69) is 28.5 Å². The fraction of sp³-hybridized carbons (Fsp3) is 0.381. The number of phenolic OH excluding ortho intramolecular Hbond substituents is 1. The quantitative estimate of drug-likeness (QED) is 0.592. The van der Waals surface area contributed by atoms with Crippen molar-refractivity contribution >= 4 is 11.6 Å². The van der Waals surface area contributed by atoms with Crippen molar-refractivity contribution < 1.29 is 5.11 Å². The first kappa shape index (κ1) is 16.0. The molecule has 0 bridgehead atoms. The van der Waals surface area contributed by atoms with Gasteiger partial charge in [0.05, 0.1) is 6.54 Å². The van der Waals surface area contributed by atoms with E-state index in [1.165, 1.54) is 47.9 Å². The normalized spacial score (nSPS) is 16.4. The van der Waals surface area contributed by atoms with Gasteiger partial charge in [-0.1, -0.05) is 12.1 Å². The van der Waals surface area contributed by atoms with E-state index in [9.17, 15) is 5.11 Å². The van der Waals surface area contributed by atoms with Gasteiger partial charge in [-0.15, -0.1) is 0 Å². The minimum Gasteiger partial charge on any atom is -0.508 e. The Hall–Kier alpha value is -2.49. The van der Waals surface area contributed by atoms with Gasteiger partial charge >= 0.3 is 0 Å². The molecule has 0 unspecified atom stereocenters. The van der Waals surface area contributed by atoms with Crippen molar-refractivity contribution in [2.45, 2.75) is 51.5 Å². The number of rotatable bonds is 3. The van der Waals surface area contributed by atoms with Crippen molar-refractivity contribution in [1.82, 2.24) is 0 Å². The second-order valence-corrected chi connectivity index (χ2v) is 7.07. The molecule has 2 aliphatic rings. The lowest BCUT2D eigenvalue weighted by Gasteiger charge is -2.19. The van der Waals surface area contributed by atoms with Crippen molar-refractivity contribution in [3.8, 4) is 5.75 Å². The minimum absolute atomic E-state index is 0.328. The minimum atomic E-state index is 0.328. The van der Waals surface area contributed by atoms with Crippen molar-refractivity contribution in [3.63, 3.8) is 0 Å². The number of aryl methyl sites for hydroxylation is 3. The van der Waals surface area contributed by atoms with E-state index in [1.807, 2.05) is 6.07 Å². The lowest BCUT2D eigenvalue weighted by Crippen LogP contribution is -2.22. The highest BCUT2D eigenvalue weighted by atomic mass is 16.3. The Morgan fingerprint density at radius 1 is 0.960 bits per heavy atom. The standard InChI is InChI=1S/C21H25N3O/c22-21(24-17-10-8-14-5-3-6-16(14)12-17)23-13-19-18-7-2-1-4-15(18)9-11-20(19)25/h8-12,25H,1-7,13H2,(H3,22,23,24). The molecule has 130 valence electrons. The monoisotopic (exact) mass is 335 g/mol. The summed E-state index contributed by atoms with van der Waals surface area (Å²) < 4.78 is 0. The number of aromatic hydroxyl groups is 1. The molecule has 0 saturated heterocycles. The summed E-state index contributed by atoms with van der Waals surface area (Å²) >= 11 is 0. The first-order valence-corrected chi connectivity index (χ1v) is 9.22. The topological polar surface area (TPSA) is 70.6 Å². The van der Waals surface area contributed by atoms with E-state index in [0.29, 0.717) is 18.3 Å². The number of aliphatic imine (C=N–C) groups is 1. The zero-order valence-corrected chi connectivity index (χ0v) is 14.5. The Kier molecular flexibility index (Phi) is 4.35. The van der Waals surface area contributed by atoms with Crippen molar-refractivity contribution in [1.29, 1.82) is 0 Å². The summed E-state index contributed by atoms with van der Waals surface area (Å²) in [4.78, 5) is 4.48. The lowest BCUT2D eigenvalue weighted by atomic mass is 9.88. The van der Waals surface area contributed by atoms with E-state index in [0.717, 1.165) is 30.5 Å². The fourth-order valence-electron chi connectivity index (χ4n) is 4.07. The van der Waals surface area contributed by atoms with Gasteiger partial charge in [0.15, 0.2) is 5.96 Å². The van der Waals surface area contributed by atoms with Gasteiger partial charge in [-0.25, -0.2) is 4.99 Å². The zero-order valence-electron chi connectivity index (χ0n) is 14.5. The van der Waals surface area contributed by atoms with E-state index in [4.69, 9.17) is 5.73 Å². The van der Waals surface area contributed by atoms with E-state index in [1.54, 1.807) is 6.07 Å². The number of phenols is 1. The van der Waals surface area contributed by atoms with Crippen LogP contribution in [0.15, 0.2) is 35.3 Å². The summed E-state index contributed by atoms with van der Waals surface area (Å²) in [6.07, 6.45) is 8.07. The number of hydrogen-bond donors (Lipinski definition) is 3. The Bertz CT molecular complexity index is 826. The summed E-state index contributed by atoms with van der Waals surface area (Å²) in [6.45, 7) is 0.415. The molecular formula is C21H25N3O. The molecule has 2 aliphatic carbocycles. The highest BCUT2D eigenvalue weighted by molar-refractivity contribution is 5.92. The van der Waals surface area contributed by atoms with Crippen LogP contribution in [0.3, 0.4) is 0 Å². The number of guanidine groups is 1. The number of hydrogen-bond acceptors (Lipinski definition) is 2. The summed E-state index contributed by atoms with van der Waals surface area (Å²) in [6, 6.07) is 10.3. The van der Waals surface area contributed by atoms with Crippen LogP contribution >= 0.6 is 0 Å². The van der Waals surface area contributed by atoms with Gasteiger partial charge in [-0.2, -0.15) is 0 Å². The highest BCUT2D eigenvalue weighted by Gasteiger charge is 2.16. The smallest absolute Gasteiger partial charge is 0.193 e. The van der Waals surface area contributed by atoms with Crippen molar-refractivity contribution in [3.05, 3.63) is 58.1 Å². The van der Waals surface area contributed by atoms with Crippen LogP contribution < -0.4 is 11.1 Å². The summed E-state index contributed by atoms with van der Waals surface area (Å²) in [5.41, 5.74) is 13.5. The average Bonchev–Trinajstić information content (AvgIpc) is 3.08. The molecule has 0 radical (unpaired) electrons. The third-order valence-electron chi connectivity index (χ3n) is 5.40. The maximum absolute atomic E-state index is 10.2. The van der Waals surface area contributed by atoms with E-state index in [-0.39, 0.29) is 0 Å². The number of anilines is 1. The maximum atomic E-state index is 10.2. The first-order valence-electron chi connectivity index (χ1n) is 9.22. The molecule has 25 heavy (non-hydrogen) atoms. The van der Waals surface area contributed by atoms with Gasteiger partial charge in [0.25, 0.3) is 0 Å². The molecule has 0 aromatic heterocycles. The third-order valence-corrected chi connectivity index (χ3v) is 5.40. The van der Waals surface area contributed by atoms with Crippen LogP contribution in [0, 0.1) is 0 Å². The molecule has 2 aromatic rings. The lowest BCUT2D eigenvalue weighted by molar-refractivity contribution is 0.465. The molecule has 0 saturated carbocycles. The Morgan fingerprint density at radius 2 is 1.72 bits per heavy atom. The van der Waals surface area contributed by atoms with Crippen LogP contribution in [0.5, 0.6) is 5.75 Å². The molecule has 0 heterocycles. The predicted molar refractivity (Wildman–Crippen MR) is 102 cm³/mol. The number of fused-ring (bicyclic) bond motifs is 2. The Balaban J connectivity index is 1.50. The van der Waals surface area contributed by atoms with Gasteiger partial charge in [0.2, 0.25) is 0 Å². The second-order valence-electron chi connectivity index (χ2n) is 7.07. The zero-order chi connectivity index (χ0) is 17.2. The van der Waals surface area contributed by atoms with Gasteiger partial charge in [-0.05, 0) is 85.4 Å². The SMILES string of the molecule is NC(=NCc1c(O)ccc2c1CCCC2)Nc1ccc2c(c1)CCC2. The van der Waals surface area contributed by atoms with Crippen LogP contribution in [0.25, 0.3) is 0 Å². The van der Waals surface area contributed by atoms with Gasteiger partial charge < -0.3 is 16.2 Å². The third kappa shape index (κ3) is 3.34. The molecule has 4 N–H and O–H groups in total. The summed E-state index contributed by atoms with van der Waals surface area (Å²) in [5, 5.41) is 13.4. The van der Waals surface area contributed by atoms with Gasteiger partial charge in [0, 0.05) is 11.3 Å². The molecule has 0 amide bonds. The number of nitrogens with two attached hydrogens (primary N) is 1. The fourth-order valence-corrected chi connectivity index (χ4v) is 4.07. The molecule has 0 fully saturated rings. The number of benzene rings is 2. The molecular weight excluding hydrogens is 310 g/mol. The van der Waals surface area contributed by atoms with Crippen LogP contribution in [-0.4, -0.2) is 11.1 Å². The molecule has 4 rings (SSSR count). The first-order chi connectivity index (χ1) is 12.2. The molecule has 2 aromatic carbocycles. The Labute approximate surface area is 148 Å². The van der Waals surface area contributed by atoms with Crippen molar-refractivity contribution in [2.24, 2.45) is 10.7 Å². The van der Waals surface area contributed by atoms with Crippen LogP contribution in [0.1, 0.15) is 47.1 Å². The molecule has 4 heteroatoms. The predicted octanol–water partition coefficient (Wildman–Crippen LogP) is 3.69.